The third-order valence-electron chi connectivity index (χ3n) is 9.81. The molecule has 0 saturated heterocycles. The minimum absolute atomic E-state index is 0.0209. The maximum absolute atomic E-state index is 14.6. The molecule has 3 aliphatic rings. The molecule has 5 rings (SSSR count). The summed E-state index contributed by atoms with van der Waals surface area (Å²) in [6, 6.07) is 3.42. The SMILES string of the molecule is CC1(C)[C@@H]2C[C@H](N(CC(=O)c3c(Cl)cccc3Cl)C(=O)c3cnn([C@H]4CC[C@](C)(C(=O)O)CC4)c3C(F)(F)F)C[C@@H]21. The molecule has 3 aliphatic carbocycles. The van der Waals surface area contributed by atoms with Crippen LogP contribution >= 0.6 is 23.2 Å². The lowest BCUT2D eigenvalue weighted by molar-refractivity contribution is -0.152. The molecule has 41 heavy (non-hydrogen) atoms. The van der Waals surface area contributed by atoms with Gasteiger partial charge in [-0.3, -0.25) is 19.1 Å². The van der Waals surface area contributed by atoms with Crippen LogP contribution in [-0.4, -0.2) is 50.0 Å². The van der Waals surface area contributed by atoms with Crippen molar-refractivity contribution in [3.63, 3.8) is 0 Å². The number of hydrogen-bond donors (Lipinski definition) is 1. The summed E-state index contributed by atoms with van der Waals surface area (Å²) < 4.78 is 44.5. The van der Waals surface area contributed by atoms with E-state index >= 15 is 0 Å². The molecule has 0 spiro atoms. The summed E-state index contributed by atoms with van der Waals surface area (Å²) in [5.41, 5.74) is -2.71. The van der Waals surface area contributed by atoms with Gasteiger partial charge in [-0.2, -0.15) is 18.3 Å². The number of amides is 1. The van der Waals surface area contributed by atoms with E-state index in [0.29, 0.717) is 24.7 Å². The van der Waals surface area contributed by atoms with Gasteiger partial charge in [0.05, 0.1) is 45.4 Å². The number of hydrogen-bond acceptors (Lipinski definition) is 4. The highest BCUT2D eigenvalue weighted by Crippen LogP contribution is 2.67. The number of carbonyl (C=O) groups excluding carboxylic acids is 2. The first-order valence-corrected chi connectivity index (χ1v) is 14.5. The van der Waals surface area contributed by atoms with Gasteiger partial charge in [-0.25, -0.2) is 0 Å². The summed E-state index contributed by atoms with van der Waals surface area (Å²) in [6.07, 6.45) is -2.09. The number of carboxylic acid groups (broad SMARTS) is 1. The highest BCUT2D eigenvalue weighted by molar-refractivity contribution is 6.40. The number of Topliss-reactive ketones (excluding diaryl/α,β-unsaturated/α-hetero) is 1. The third-order valence-corrected chi connectivity index (χ3v) is 10.4. The van der Waals surface area contributed by atoms with Gasteiger partial charge in [0.2, 0.25) is 0 Å². The first-order chi connectivity index (χ1) is 19.1. The van der Waals surface area contributed by atoms with Gasteiger partial charge in [-0.1, -0.05) is 43.1 Å². The lowest BCUT2D eigenvalue weighted by Crippen LogP contribution is -2.44. The Bertz CT molecular complexity index is 1360. The zero-order valence-electron chi connectivity index (χ0n) is 23.0. The summed E-state index contributed by atoms with van der Waals surface area (Å²) in [5, 5.41) is 13.7. The molecule has 1 aromatic carbocycles. The molecule has 7 nitrogen and oxygen atoms in total. The van der Waals surface area contributed by atoms with E-state index in [1.807, 2.05) is 0 Å². The minimum atomic E-state index is -4.91. The Morgan fingerprint density at radius 3 is 2.15 bits per heavy atom. The fourth-order valence-corrected chi connectivity index (χ4v) is 7.63. The number of halogens is 5. The fourth-order valence-electron chi connectivity index (χ4n) is 7.03. The lowest BCUT2D eigenvalue weighted by atomic mass is 9.74. The predicted molar refractivity (Wildman–Crippen MR) is 146 cm³/mol. The van der Waals surface area contributed by atoms with Crippen LogP contribution in [0.2, 0.25) is 10.0 Å². The molecule has 3 fully saturated rings. The monoisotopic (exact) mass is 613 g/mol. The standard InChI is InChI=1S/C29H32Cl2F3N3O4/c1-27(2)18-11-16(12-19(18)27)36(14-22(38)23-20(30)5-4-6-21(23)31)25(39)17-13-35-37(24(17)29(32,33)34)15-7-9-28(3,10-8-15)26(40)41/h4-6,13,15-16,18-19H,7-12,14H2,1-3H3,(H,40,41)/t15-,16-,18+,19-,28-. The van der Waals surface area contributed by atoms with Gasteiger partial charge in [0.1, 0.15) is 0 Å². The fraction of sp³-hybridized carbons (Fsp3) is 0.586. The Kier molecular flexibility index (Phi) is 7.50. The quantitative estimate of drug-likeness (QED) is 0.334. The Balaban J connectivity index is 1.48. The first-order valence-electron chi connectivity index (χ1n) is 13.7. The molecule has 0 aliphatic heterocycles. The number of alkyl halides is 3. The summed E-state index contributed by atoms with van der Waals surface area (Å²) in [7, 11) is 0. The molecule has 1 N–H and O–H groups in total. The van der Waals surface area contributed by atoms with Crippen LogP contribution in [-0.2, 0) is 11.0 Å². The second kappa shape index (κ2) is 10.3. The van der Waals surface area contributed by atoms with E-state index in [2.05, 4.69) is 18.9 Å². The van der Waals surface area contributed by atoms with Crippen LogP contribution < -0.4 is 0 Å². The second-order valence-corrected chi connectivity index (χ2v) is 13.4. The number of benzene rings is 1. The van der Waals surface area contributed by atoms with Gasteiger partial charge in [0, 0.05) is 6.04 Å². The summed E-state index contributed by atoms with van der Waals surface area (Å²) >= 11 is 12.5. The van der Waals surface area contributed by atoms with Crippen molar-refractivity contribution in [1.82, 2.24) is 14.7 Å². The van der Waals surface area contributed by atoms with Gasteiger partial charge >= 0.3 is 12.1 Å². The number of aliphatic carboxylic acids is 1. The zero-order chi connectivity index (χ0) is 30.1. The van der Waals surface area contributed by atoms with E-state index in [9.17, 15) is 32.7 Å². The van der Waals surface area contributed by atoms with Gasteiger partial charge in [-0.05, 0) is 74.8 Å². The molecule has 1 aromatic heterocycles. The van der Waals surface area contributed by atoms with Crippen molar-refractivity contribution < 1.29 is 32.7 Å². The highest BCUT2D eigenvalue weighted by atomic mass is 35.5. The molecule has 0 bridgehead atoms. The Morgan fingerprint density at radius 2 is 1.63 bits per heavy atom. The lowest BCUT2D eigenvalue weighted by Gasteiger charge is -2.35. The van der Waals surface area contributed by atoms with E-state index in [4.69, 9.17) is 23.2 Å². The highest BCUT2D eigenvalue weighted by Gasteiger charge is 2.63. The molecule has 3 atom stereocenters. The number of ketones is 1. The van der Waals surface area contributed by atoms with E-state index in [1.54, 1.807) is 13.0 Å². The summed E-state index contributed by atoms with van der Waals surface area (Å²) in [5.74, 6) is -1.83. The number of aromatic nitrogens is 2. The molecule has 2 aromatic rings. The number of carboxylic acids is 1. The predicted octanol–water partition coefficient (Wildman–Crippen LogP) is 7.17. The molecule has 1 amide bonds. The van der Waals surface area contributed by atoms with E-state index in [0.717, 1.165) is 10.9 Å². The van der Waals surface area contributed by atoms with Crippen LogP contribution in [0.25, 0.3) is 0 Å². The molecule has 12 heteroatoms. The van der Waals surface area contributed by atoms with Crippen molar-refractivity contribution in [2.45, 2.75) is 77.6 Å². The van der Waals surface area contributed by atoms with E-state index < -0.39 is 59.1 Å². The Hall–Kier alpha value is -2.59. The molecule has 3 saturated carbocycles. The number of rotatable bonds is 7. The Labute approximate surface area is 246 Å². The molecule has 0 radical (unpaired) electrons. The van der Waals surface area contributed by atoms with Gasteiger partial charge in [0.15, 0.2) is 11.5 Å². The molecular formula is C29H32Cl2F3N3O4. The van der Waals surface area contributed by atoms with Crippen molar-refractivity contribution >= 4 is 40.9 Å². The van der Waals surface area contributed by atoms with E-state index in [-0.39, 0.29) is 46.7 Å². The van der Waals surface area contributed by atoms with Crippen LogP contribution in [0, 0.1) is 22.7 Å². The topological polar surface area (TPSA) is 92.5 Å². The zero-order valence-corrected chi connectivity index (χ0v) is 24.5. The minimum Gasteiger partial charge on any atom is -0.481 e. The van der Waals surface area contributed by atoms with Crippen molar-refractivity contribution in [1.29, 1.82) is 0 Å². The molecule has 0 unspecified atom stereocenters. The Morgan fingerprint density at radius 1 is 1.07 bits per heavy atom. The summed E-state index contributed by atoms with van der Waals surface area (Å²) in [4.78, 5) is 40.3. The van der Waals surface area contributed by atoms with Crippen molar-refractivity contribution in [3.05, 3.63) is 51.3 Å². The van der Waals surface area contributed by atoms with Crippen molar-refractivity contribution in [2.24, 2.45) is 22.7 Å². The smallest absolute Gasteiger partial charge is 0.433 e. The van der Waals surface area contributed by atoms with Crippen molar-refractivity contribution in [3.8, 4) is 0 Å². The van der Waals surface area contributed by atoms with Crippen LogP contribution in [0.3, 0.4) is 0 Å². The largest absolute Gasteiger partial charge is 0.481 e. The average Bonchev–Trinajstić information content (AvgIpc) is 3.30. The molecule has 1 heterocycles. The van der Waals surface area contributed by atoms with Crippen LogP contribution in [0.1, 0.15) is 91.7 Å². The van der Waals surface area contributed by atoms with E-state index in [1.165, 1.54) is 17.0 Å². The number of fused-ring (bicyclic) bond motifs is 1. The van der Waals surface area contributed by atoms with Crippen molar-refractivity contribution in [2.75, 3.05) is 6.54 Å². The van der Waals surface area contributed by atoms with Crippen LogP contribution in [0.5, 0.6) is 0 Å². The molecular weight excluding hydrogens is 582 g/mol. The number of nitrogens with zero attached hydrogens (tertiary/aromatic N) is 3. The normalized spacial score (nSPS) is 28.7. The molecule has 222 valence electrons. The second-order valence-electron chi connectivity index (χ2n) is 12.6. The average molecular weight is 614 g/mol. The van der Waals surface area contributed by atoms with Crippen LogP contribution in [0.15, 0.2) is 24.4 Å². The first kappa shape index (κ1) is 29.9. The number of carbonyl (C=O) groups is 3. The maximum atomic E-state index is 14.6. The van der Waals surface area contributed by atoms with Gasteiger partial charge in [0.25, 0.3) is 5.91 Å². The maximum Gasteiger partial charge on any atom is 0.433 e. The van der Waals surface area contributed by atoms with Gasteiger partial charge < -0.3 is 10.0 Å². The van der Waals surface area contributed by atoms with Gasteiger partial charge in [-0.15, -0.1) is 0 Å². The van der Waals surface area contributed by atoms with Crippen LogP contribution in [0.4, 0.5) is 13.2 Å². The third kappa shape index (κ3) is 5.26. The summed E-state index contributed by atoms with van der Waals surface area (Å²) in [6.45, 7) is 5.37.